The Balaban J connectivity index is 1.56. The van der Waals surface area contributed by atoms with E-state index in [-0.39, 0.29) is 23.5 Å². The summed E-state index contributed by atoms with van der Waals surface area (Å²) in [6.45, 7) is 4.47. The summed E-state index contributed by atoms with van der Waals surface area (Å²) in [6, 6.07) is 0.0553. The van der Waals surface area contributed by atoms with E-state index in [1.54, 1.807) is 4.90 Å². The van der Waals surface area contributed by atoms with Gasteiger partial charge in [-0.1, -0.05) is 5.16 Å². The third-order valence-corrected chi connectivity index (χ3v) is 4.40. The van der Waals surface area contributed by atoms with E-state index in [1.807, 2.05) is 0 Å². The maximum atomic E-state index is 12.5. The molecule has 21 heavy (non-hydrogen) atoms. The van der Waals surface area contributed by atoms with Gasteiger partial charge in [-0.2, -0.15) is 0 Å². The van der Waals surface area contributed by atoms with Gasteiger partial charge in [-0.3, -0.25) is 9.59 Å². The van der Waals surface area contributed by atoms with Crippen molar-refractivity contribution in [1.82, 2.24) is 15.5 Å². The number of piperidine rings is 1. The van der Waals surface area contributed by atoms with Crippen molar-refractivity contribution in [3.8, 4) is 0 Å². The normalized spacial score (nSPS) is 32.0. The predicted octanol–water partition coefficient (Wildman–Crippen LogP) is -0.378. The Labute approximate surface area is 124 Å². The standard InChI is InChI=1S/C14H22N4O3/c1-10(19)16-11-3-6-18(8-11)13(20)12-7-14(21-17-12)4-2-5-15-9-14/h11,15H,2-9H2,1H3,(H,16,19)/t11-,14+/m0/s1. The van der Waals surface area contributed by atoms with Crippen molar-refractivity contribution in [2.24, 2.45) is 5.16 Å². The summed E-state index contributed by atoms with van der Waals surface area (Å²) in [6.07, 6.45) is 3.37. The molecule has 3 rings (SSSR count). The molecule has 0 bridgehead atoms. The molecule has 0 aromatic heterocycles. The molecule has 2 atom stereocenters. The molecular formula is C14H22N4O3. The lowest BCUT2D eigenvalue weighted by molar-refractivity contribution is -0.124. The van der Waals surface area contributed by atoms with Gasteiger partial charge in [0.05, 0.1) is 0 Å². The Bertz CT molecular complexity index is 471. The highest BCUT2D eigenvalue weighted by atomic mass is 16.7. The average Bonchev–Trinajstić information content (AvgIpc) is 3.06. The molecule has 0 aliphatic carbocycles. The molecule has 2 saturated heterocycles. The van der Waals surface area contributed by atoms with Crippen LogP contribution in [0.3, 0.4) is 0 Å². The maximum Gasteiger partial charge on any atom is 0.271 e. The summed E-state index contributed by atoms with van der Waals surface area (Å²) >= 11 is 0. The summed E-state index contributed by atoms with van der Waals surface area (Å²) in [5.41, 5.74) is 0.196. The average molecular weight is 294 g/mol. The minimum Gasteiger partial charge on any atom is -0.387 e. The van der Waals surface area contributed by atoms with Crippen molar-refractivity contribution in [1.29, 1.82) is 0 Å². The fourth-order valence-corrected chi connectivity index (χ4v) is 3.34. The third kappa shape index (κ3) is 3.02. The van der Waals surface area contributed by atoms with E-state index in [4.69, 9.17) is 4.84 Å². The quantitative estimate of drug-likeness (QED) is 0.727. The van der Waals surface area contributed by atoms with Crippen LogP contribution in [0.1, 0.15) is 32.6 Å². The molecule has 3 aliphatic heterocycles. The molecule has 2 amide bonds. The van der Waals surface area contributed by atoms with Crippen LogP contribution >= 0.6 is 0 Å². The molecule has 3 heterocycles. The molecule has 116 valence electrons. The summed E-state index contributed by atoms with van der Waals surface area (Å²) in [5.74, 6) is -0.103. The Kier molecular flexibility index (Phi) is 3.84. The highest BCUT2D eigenvalue weighted by molar-refractivity contribution is 6.39. The highest BCUT2D eigenvalue weighted by Gasteiger charge is 2.43. The van der Waals surface area contributed by atoms with E-state index in [0.29, 0.717) is 25.2 Å². The largest absolute Gasteiger partial charge is 0.387 e. The van der Waals surface area contributed by atoms with Crippen molar-refractivity contribution in [2.45, 2.75) is 44.2 Å². The number of carbonyl (C=O) groups excluding carboxylic acids is 2. The van der Waals surface area contributed by atoms with Gasteiger partial charge in [-0.25, -0.2) is 0 Å². The van der Waals surface area contributed by atoms with Crippen molar-refractivity contribution in [3.05, 3.63) is 0 Å². The second-order valence-electron chi connectivity index (χ2n) is 6.21. The number of oxime groups is 1. The van der Waals surface area contributed by atoms with Crippen LogP contribution < -0.4 is 10.6 Å². The lowest BCUT2D eigenvalue weighted by Gasteiger charge is -2.31. The fraction of sp³-hybridized carbons (Fsp3) is 0.786. The zero-order valence-electron chi connectivity index (χ0n) is 12.4. The number of nitrogens with one attached hydrogen (secondary N) is 2. The molecule has 0 aromatic carbocycles. The molecule has 0 radical (unpaired) electrons. The Morgan fingerprint density at radius 3 is 3.10 bits per heavy atom. The van der Waals surface area contributed by atoms with Gasteiger partial charge in [-0.05, 0) is 25.8 Å². The second kappa shape index (κ2) is 5.63. The number of carbonyl (C=O) groups is 2. The first-order chi connectivity index (χ1) is 10.1. The van der Waals surface area contributed by atoms with Crippen LogP contribution in [0, 0.1) is 0 Å². The van der Waals surface area contributed by atoms with E-state index in [9.17, 15) is 9.59 Å². The van der Waals surface area contributed by atoms with Gasteiger partial charge in [0.2, 0.25) is 5.91 Å². The van der Waals surface area contributed by atoms with Crippen LogP contribution in [0.5, 0.6) is 0 Å². The van der Waals surface area contributed by atoms with Crippen LogP contribution in [0.15, 0.2) is 5.16 Å². The topological polar surface area (TPSA) is 83.0 Å². The number of hydrogen-bond acceptors (Lipinski definition) is 5. The Hall–Kier alpha value is -1.63. The minimum absolute atomic E-state index is 0.0506. The van der Waals surface area contributed by atoms with Crippen molar-refractivity contribution in [3.63, 3.8) is 0 Å². The molecular weight excluding hydrogens is 272 g/mol. The van der Waals surface area contributed by atoms with Crippen LogP contribution in [-0.4, -0.2) is 60.2 Å². The molecule has 2 fully saturated rings. The van der Waals surface area contributed by atoms with Crippen LogP contribution in [-0.2, 0) is 14.4 Å². The SMILES string of the molecule is CC(=O)N[C@H]1CCN(C(=O)C2=NO[C@]3(CCCNC3)C2)C1. The van der Waals surface area contributed by atoms with Gasteiger partial charge >= 0.3 is 0 Å². The second-order valence-corrected chi connectivity index (χ2v) is 6.21. The van der Waals surface area contributed by atoms with E-state index < -0.39 is 0 Å². The Morgan fingerprint density at radius 2 is 2.38 bits per heavy atom. The van der Waals surface area contributed by atoms with Gasteiger partial charge < -0.3 is 20.4 Å². The van der Waals surface area contributed by atoms with E-state index >= 15 is 0 Å². The summed E-state index contributed by atoms with van der Waals surface area (Å²) in [7, 11) is 0. The first kappa shape index (κ1) is 14.3. The van der Waals surface area contributed by atoms with Crippen LogP contribution in [0.2, 0.25) is 0 Å². The number of hydrogen-bond donors (Lipinski definition) is 2. The first-order valence-electron chi connectivity index (χ1n) is 7.60. The van der Waals surface area contributed by atoms with E-state index in [2.05, 4.69) is 15.8 Å². The number of likely N-dealkylation sites (tertiary alicyclic amines) is 1. The maximum absolute atomic E-state index is 12.5. The summed E-state index contributed by atoms with van der Waals surface area (Å²) in [4.78, 5) is 30.9. The number of amides is 2. The summed E-state index contributed by atoms with van der Waals surface area (Å²) < 4.78 is 0. The number of rotatable bonds is 2. The lowest BCUT2D eigenvalue weighted by Crippen LogP contribution is -2.47. The molecule has 7 heteroatoms. The first-order valence-corrected chi connectivity index (χ1v) is 7.60. The predicted molar refractivity (Wildman–Crippen MR) is 76.8 cm³/mol. The van der Waals surface area contributed by atoms with E-state index in [1.165, 1.54) is 6.92 Å². The monoisotopic (exact) mass is 294 g/mol. The van der Waals surface area contributed by atoms with Crippen molar-refractivity contribution >= 4 is 17.5 Å². The molecule has 0 saturated carbocycles. The zero-order chi connectivity index (χ0) is 14.9. The van der Waals surface area contributed by atoms with Crippen molar-refractivity contribution < 1.29 is 14.4 Å². The third-order valence-electron chi connectivity index (χ3n) is 4.40. The fourth-order valence-electron chi connectivity index (χ4n) is 3.34. The minimum atomic E-state index is -0.319. The smallest absolute Gasteiger partial charge is 0.271 e. The molecule has 1 spiro atoms. The van der Waals surface area contributed by atoms with Crippen molar-refractivity contribution in [2.75, 3.05) is 26.2 Å². The van der Waals surface area contributed by atoms with Gasteiger partial charge in [0.1, 0.15) is 5.71 Å². The van der Waals surface area contributed by atoms with Gasteiger partial charge in [0.15, 0.2) is 5.60 Å². The van der Waals surface area contributed by atoms with E-state index in [0.717, 1.165) is 32.4 Å². The number of nitrogens with zero attached hydrogens (tertiary/aromatic N) is 2. The molecule has 2 N–H and O–H groups in total. The molecule has 7 nitrogen and oxygen atoms in total. The molecule has 0 unspecified atom stereocenters. The lowest BCUT2D eigenvalue weighted by atomic mass is 9.89. The molecule has 0 aromatic rings. The van der Waals surface area contributed by atoms with Gasteiger partial charge in [0, 0.05) is 39.0 Å². The Morgan fingerprint density at radius 1 is 1.52 bits per heavy atom. The van der Waals surface area contributed by atoms with Gasteiger partial charge in [-0.15, -0.1) is 0 Å². The molecule has 3 aliphatic rings. The van der Waals surface area contributed by atoms with Gasteiger partial charge in [0.25, 0.3) is 5.91 Å². The highest BCUT2D eigenvalue weighted by Crippen LogP contribution is 2.31. The zero-order valence-corrected chi connectivity index (χ0v) is 12.4. The summed E-state index contributed by atoms with van der Waals surface area (Å²) in [5, 5.41) is 10.2. The van der Waals surface area contributed by atoms with Crippen LogP contribution in [0.4, 0.5) is 0 Å². The van der Waals surface area contributed by atoms with Crippen LogP contribution in [0.25, 0.3) is 0 Å².